The summed E-state index contributed by atoms with van der Waals surface area (Å²) in [5.41, 5.74) is 4.95. The lowest BCUT2D eigenvalue weighted by Crippen LogP contribution is -2.16. The first-order chi connectivity index (χ1) is 15.4. The van der Waals surface area contributed by atoms with Crippen molar-refractivity contribution in [3.05, 3.63) is 76.5 Å². The van der Waals surface area contributed by atoms with Crippen molar-refractivity contribution in [1.82, 2.24) is 14.8 Å². The van der Waals surface area contributed by atoms with E-state index in [1.807, 2.05) is 38.1 Å². The van der Waals surface area contributed by atoms with Crippen molar-refractivity contribution >= 4 is 34.2 Å². The van der Waals surface area contributed by atoms with E-state index in [0.29, 0.717) is 17.1 Å². The molecule has 1 aliphatic rings. The van der Waals surface area contributed by atoms with Crippen molar-refractivity contribution in [2.75, 3.05) is 10.6 Å². The summed E-state index contributed by atoms with van der Waals surface area (Å²) in [5.74, 6) is 0.242. The fraction of sp³-hybridized carbons (Fsp3) is 0.125. The third-order valence-electron chi connectivity index (χ3n) is 5.57. The Kier molecular flexibility index (Phi) is 4.45. The number of fused-ring (bicyclic) bond motifs is 2. The normalized spacial score (nSPS) is 12.3. The molecule has 1 aliphatic heterocycles. The number of hydrogen-bond acceptors (Lipinski definition) is 5. The van der Waals surface area contributed by atoms with E-state index in [9.17, 15) is 14.9 Å². The zero-order valence-corrected chi connectivity index (χ0v) is 17.4. The van der Waals surface area contributed by atoms with Crippen molar-refractivity contribution < 1.29 is 9.59 Å². The second kappa shape index (κ2) is 7.32. The highest BCUT2D eigenvalue weighted by atomic mass is 16.2. The topological polar surface area (TPSA) is 113 Å². The number of carbonyl (C=O) groups is 2. The van der Waals surface area contributed by atoms with Gasteiger partial charge in [0.25, 0.3) is 5.91 Å². The summed E-state index contributed by atoms with van der Waals surface area (Å²) in [7, 11) is 0. The van der Waals surface area contributed by atoms with E-state index in [-0.39, 0.29) is 23.7 Å². The number of amides is 2. The monoisotopic (exact) mass is 422 g/mol. The van der Waals surface area contributed by atoms with Crippen molar-refractivity contribution in [3.63, 3.8) is 0 Å². The van der Waals surface area contributed by atoms with Crippen molar-refractivity contribution in [2.24, 2.45) is 0 Å². The molecule has 0 spiro atoms. The Hall–Kier alpha value is -4.51. The van der Waals surface area contributed by atoms with Gasteiger partial charge in [0.15, 0.2) is 11.6 Å². The van der Waals surface area contributed by atoms with Gasteiger partial charge in [-0.3, -0.25) is 9.59 Å². The number of para-hydroxylation sites is 1. The Bertz CT molecular complexity index is 1480. The van der Waals surface area contributed by atoms with Crippen LogP contribution in [0.25, 0.3) is 16.7 Å². The number of rotatable bonds is 3. The summed E-state index contributed by atoms with van der Waals surface area (Å²) < 4.78 is 1.47. The molecule has 0 radical (unpaired) electrons. The Labute approximate surface area is 183 Å². The highest BCUT2D eigenvalue weighted by Crippen LogP contribution is 2.27. The maximum atomic E-state index is 13.0. The number of anilines is 2. The summed E-state index contributed by atoms with van der Waals surface area (Å²) in [4.78, 5) is 29.3. The van der Waals surface area contributed by atoms with E-state index in [1.165, 1.54) is 10.9 Å². The largest absolute Gasteiger partial charge is 0.326 e. The van der Waals surface area contributed by atoms with Gasteiger partial charge in [-0.05, 0) is 54.8 Å². The number of aryl methyl sites for hydroxylation is 2. The number of aromatic nitrogens is 3. The summed E-state index contributed by atoms with van der Waals surface area (Å²) >= 11 is 0. The predicted molar refractivity (Wildman–Crippen MR) is 120 cm³/mol. The first kappa shape index (κ1) is 19.5. The molecule has 2 aromatic heterocycles. The second-order valence-electron chi connectivity index (χ2n) is 7.75. The van der Waals surface area contributed by atoms with Crippen molar-refractivity contribution in [1.29, 1.82) is 5.26 Å². The highest BCUT2D eigenvalue weighted by molar-refractivity contribution is 6.06. The fourth-order valence-corrected chi connectivity index (χ4v) is 3.93. The minimum absolute atomic E-state index is 0.101. The first-order valence-electron chi connectivity index (χ1n) is 10.0. The Morgan fingerprint density at radius 2 is 2.03 bits per heavy atom. The molecule has 8 nitrogen and oxygen atoms in total. The number of hydrogen-bond donors (Lipinski definition) is 2. The van der Waals surface area contributed by atoms with Crippen LogP contribution in [0.5, 0.6) is 0 Å². The maximum Gasteiger partial charge on any atom is 0.256 e. The number of nitriles is 1. The molecule has 5 rings (SSSR count). The summed E-state index contributed by atoms with van der Waals surface area (Å²) in [5, 5.41) is 20.5. The quantitative estimate of drug-likeness (QED) is 0.523. The SMILES string of the molecule is Cc1cc(-n2ncc(C#N)c2NC(=O)c2ccc3c(c2)CC(=O)N3)nc2c(C)cccc12. The van der Waals surface area contributed by atoms with E-state index >= 15 is 0 Å². The third-order valence-corrected chi connectivity index (χ3v) is 5.57. The van der Waals surface area contributed by atoms with Gasteiger partial charge in [-0.25, -0.2) is 4.98 Å². The van der Waals surface area contributed by atoms with Gasteiger partial charge in [0.2, 0.25) is 5.91 Å². The molecule has 0 bridgehead atoms. The Morgan fingerprint density at radius 1 is 1.19 bits per heavy atom. The van der Waals surface area contributed by atoms with Crippen molar-refractivity contribution in [2.45, 2.75) is 20.3 Å². The molecular formula is C24H18N6O2. The molecule has 156 valence electrons. The van der Waals surface area contributed by atoms with Crippen LogP contribution in [-0.4, -0.2) is 26.6 Å². The molecule has 32 heavy (non-hydrogen) atoms. The number of carbonyl (C=O) groups excluding carboxylic acids is 2. The molecular weight excluding hydrogens is 404 g/mol. The number of nitrogens with zero attached hydrogens (tertiary/aromatic N) is 4. The maximum absolute atomic E-state index is 13.0. The molecule has 2 aromatic carbocycles. The lowest BCUT2D eigenvalue weighted by Gasteiger charge is -2.12. The van der Waals surface area contributed by atoms with E-state index in [4.69, 9.17) is 4.98 Å². The minimum atomic E-state index is -0.404. The minimum Gasteiger partial charge on any atom is -0.326 e. The zero-order valence-electron chi connectivity index (χ0n) is 17.4. The standard InChI is InChI=1S/C24H18N6O2/c1-13-4-3-5-18-14(2)8-20(28-22(13)18)30-23(17(11-25)12-26-30)29-24(32)15-6-7-19-16(9-15)10-21(31)27-19/h3-9,12H,10H2,1-2H3,(H,27,31)(H,29,32). The van der Waals surface area contributed by atoms with Gasteiger partial charge in [0.05, 0.1) is 18.1 Å². The van der Waals surface area contributed by atoms with E-state index in [0.717, 1.165) is 27.6 Å². The Balaban J connectivity index is 1.55. The lowest BCUT2D eigenvalue weighted by molar-refractivity contribution is -0.115. The van der Waals surface area contributed by atoms with E-state index in [2.05, 4.69) is 21.8 Å². The molecule has 0 saturated carbocycles. The molecule has 8 heteroatoms. The average molecular weight is 422 g/mol. The fourth-order valence-electron chi connectivity index (χ4n) is 3.93. The van der Waals surface area contributed by atoms with Crippen LogP contribution >= 0.6 is 0 Å². The van der Waals surface area contributed by atoms with Crippen LogP contribution < -0.4 is 10.6 Å². The molecule has 3 heterocycles. The molecule has 4 aromatic rings. The molecule has 2 N–H and O–H groups in total. The smallest absolute Gasteiger partial charge is 0.256 e. The average Bonchev–Trinajstić information content (AvgIpc) is 3.35. The summed E-state index contributed by atoms with van der Waals surface area (Å²) in [6.07, 6.45) is 1.64. The van der Waals surface area contributed by atoms with Gasteiger partial charge < -0.3 is 10.6 Å². The molecule has 0 aliphatic carbocycles. The van der Waals surface area contributed by atoms with E-state index in [1.54, 1.807) is 18.2 Å². The second-order valence-corrected chi connectivity index (χ2v) is 7.75. The van der Waals surface area contributed by atoms with Gasteiger partial charge >= 0.3 is 0 Å². The number of pyridine rings is 1. The molecule has 0 fully saturated rings. The van der Waals surface area contributed by atoms with Gasteiger partial charge in [-0.1, -0.05) is 18.2 Å². The van der Waals surface area contributed by atoms with Gasteiger partial charge in [0.1, 0.15) is 11.6 Å². The van der Waals surface area contributed by atoms with Crippen LogP contribution in [0.1, 0.15) is 32.6 Å². The predicted octanol–water partition coefficient (Wildman–Crippen LogP) is 3.66. The first-order valence-corrected chi connectivity index (χ1v) is 10.0. The third kappa shape index (κ3) is 3.17. The summed E-state index contributed by atoms with van der Waals surface area (Å²) in [6.45, 7) is 3.97. The number of benzene rings is 2. The Morgan fingerprint density at radius 3 is 2.84 bits per heavy atom. The summed E-state index contributed by atoms with van der Waals surface area (Å²) in [6, 6.07) is 14.9. The molecule has 0 unspecified atom stereocenters. The zero-order chi connectivity index (χ0) is 22.4. The van der Waals surface area contributed by atoms with Crippen LogP contribution in [0.2, 0.25) is 0 Å². The van der Waals surface area contributed by atoms with Gasteiger partial charge in [-0.2, -0.15) is 15.0 Å². The van der Waals surface area contributed by atoms with Gasteiger partial charge in [0, 0.05) is 16.6 Å². The van der Waals surface area contributed by atoms with Crippen LogP contribution in [0.4, 0.5) is 11.5 Å². The lowest BCUT2D eigenvalue weighted by atomic mass is 10.1. The molecule has 0 atom stereocenters. The van der Waals surface area contributed by atoms with Crippen molar-refractivity contribution in [3.8, 4) is 11.9 Å². The van der Waals surface area contributed by atoms with Crippen LogP contribution in [0.3, 0.4) is 0 Å². The molecule has 0 saturated heterocycles. The number of nitrogens with one attached hydrogen (secondary N) is 2. The van der Waals surface area contributed by atoms with E-state index < -0.39 is 5.91 Å². The van der Waals surface area contributed by atoms with Crippen LogP contribution in [-0.2, 0) is 11.2 Å². The highest BCUT2D eigenvalue weighted by Gasteiger charge is 2.21. The van der Waals surface area contributed by atoms with Gasteiger partial charge in [-0.15, -0.1) is 0 Å². The van der Waals surface area contributed by atoms with Crippen LogP contribution in [0, 0.1) is 25.2 Å². The molecule has 2 amide bonds. The van der Waals surface area contributed by atoms with Crippen LogP contribution in [0.15, 0.2) is 48.7 Å².